The second-order valence-corrected chi connectivity index (χ2v) is 7.32. The number of hydrogen-bond donors (Lipinski definition) is 2. The Balaban J connectivity index is 2.02. The lowest BCUT2D eigenvalue weighted by molar-refractivity contribution is -0.0505. The first kappa shape index (κ1) is 23.2. The number of hydrogen-bond acceptors (Lipinski definition) is 4. The van der Waals surface area contributed by atoms with Gasteiger partial charge in [-0.2, -0.15) is 8.78 Å². The van der Waals surface area contributed by atoms with Crippen LogP contribution in [-0.4, -0.2) is 57.3 Å². The molecule has 0 spiro atoms. The third-order valence-electron chi connectivity index (χ3n) is 4.88. The molecular formula is C21H34F2N4O2. The summed E-state index contributed by atoms with van der Waals surface area (Å²) < 4.78 is 35.9. The predicted molar refractivity (Wildman–Crippen MR) is 112 cm³/mol. The molecule has 2 N–H and O–H groups in total. The number of ether oxygens (including phenoxy) is 2. The Morgan fingerprint density at radius 1 is 1.24 bits per heavy atom. The summed E-state index contributed by atoms with van der Waals surface area (Å²) in [4.78, 5) is 6.90. The molecule has 0 saturated carbocycles. The van der Waals surface area contributed by atoms with E-state index in [1.54, 1.807) is 12.1 Å². The van der Waals surface area contributed by atoms with Gasteiger partial charge in [0.2, 0.25) is 0 Å². The summed E-state index contributed by atoms with van der Waals surface area (Å²) >= 11 is 0. The molecule has 29 heavy (non-hydrogen) atoms. The van der Waals surface area contributed by atoms with Crippen molar-refractivity contribution < 1.29 is 18.3 Å². The Morgan fingerprint density at radius 3 is 2.66 bits per heavy atom. The summed E-state index contributed by atoms with van der Waals surface area (Å²) in [6, 6.07) is 5.00. The third kappa shape index (κ3) is 8.43. The minimum absolute atomic E-state index is 0.100. The number of guanidine groups is 1. The fourth-order valence-electron chi connectivity index (χ4n) is 3.19. The van der Waals surface area contributed by atoms with Gasteiger partial charge in [0, 0.05) is 24.7 Å². The molecule has 1 saturated heterocycles. The van der Waals surface area contributed by atoms with Crippen LogP contribution in [0.25, 0.3) is 0 Å². The molecule has 1 aromatic rings. The smallest absolute Gasteiger partial charge is 0.387 e. The Morgan fingerprint density at radius 2 is 2.00 bits per heavy atom. The second kappa shape index (κ2) is 12.5. The van der Waals surface area contributed by atoms with Gasteiger partial charge in [-0.3, -0.25) is 0 Å². The van der Waals surface area contributed by atoms with Crippen LogP contribution < -0.4 is 20.1 Å². The first-order chi connectivity index (χ1) is 14.0. The van der Waals surface area contributed by atoms with Crippen molar-refractivity contribution in [2.45, 2.75) is 46.3 Å². The van der Waals surface area contributed by atoms with Crippen LogP contribution in [-0.2, 0) is 6.54 Å². The molecule has 2 rings (SSSR count). The fraction of sp³-hybridized carbons (Fsp3) is 0.667. The summed E-state index contributed by atoms with van der Waals surface area (Å²) in [6.45, 7) is 5.65. The van der Waals surface area contributed by atoms with Crippen molar-refractivity contribution in [3.63, 3.8) is 0 Å². The van der Waals surface area contributed by atoms with E-state index in [4.69, 9.17) is 9.47 Å². The van der Waals surface area contributed by atoms with Crippen molar-refractivity contribution in [2.24, 2.45) is 10.9 Å². The van der Waals surface area contributed by atoms with Gasteiger partial charge < -0.3 is 25.0 Å². The van der Waals surface area contributed by atoms with Gasteiger partial charge in [0.1, 0.15) is 11.5 Å². The van der Waals surface area contributed by atoms with Gasteiger partial charge >= 0.3 is 6.61 Å². The molecule has 0 amide bonds. The molecule has 0 aliphatic carbocycles. The zero-order valence-electron chi connectivity index (χ0n) is 17.7. The lowest BCUT2D eigenvalue weighted by atomic mass is 9.97. The third-order valence-corrected chi connectivity index (χ3v) is 4.88. The molecule has 1 aliphatic rings. The molecule has 1 fully saturated rings. The van der Waals surface area contributed by atoms with Crippen LogP contribution in [0.3, 0.4) is 0 Å². The van der Waals surface area contributed by atoms with Crippen molar-refractivity contribution in [1.82, 2.24) is 15.5 Å². The maximum atomic E-state index is 12.8. The number of nitrogens with zero attached hydrogens (tertiary/aromatic N) is 2. The average molecular weight is 413 g/mol. The zero-order chi connectivity index (χ0) is 21.1. The topological polar surface area (TPSA) is 58.1 Å². The van der Waals surface area contributed by atoms with Gasteiger partial charge in [0.05, 0.1) is 13.2 Å². The number of aliphatic imine (C=N–C) groups is 1. The largest absolute Gasteiger partial charge is 0.493 e. The Hall–Kier alpha value is -2.09. The quantitative estimate of drug-likeness (QED) is 0.455. The molecule has 0 radical (unpaired) electrons. The summed E-state index contributed by atoms with van der Waals surface area (Å²) in [7, 11) is 2.15. The Labute approximate surface area is 172 Å². The van der Waals surface area contributed by atoms with E-state index in [1.165, 1.54) is 6.07 Å². The van der Waals surface area contributed by atoms with E-state index in [0.717, 1.165) is 45.4 Å². The SMILES string of the molecule is CCCOc1ccc(CN=C(NCC)NCC2CCN(C)CC2)c(OC(F)F)c1. The maximum Gasteiger partial charge on any atom is 0.387 e. The van der Waals surface area contributed by atoms with Crippen LogP contribution >= 0.6 is 0 Å². The standard InChI is InChI=1S/C21H34F2N4O2/c1-4-12-28-18-7-6-17(19(13-18)29-20(22)23)15-26-21(24-5-2)25-14-16-8-10-27(3)11-9-16/h6-7,13,16,20H,4-5,8-12,14-15H2,1-3H3,(H2,24,25,26). The van der Waals surface area contributed by atoms with E-state index >= 15 is 0 Å². The van der Waals surface area contributed by atoms with Crippen LogP contribution in [0.2, 0.25) is 0 Å². The van der Waals surface area contributed by atoms with E-state index in [1.807, 2.05) is 13.8 Å². The minimum Gasteiger partial charge on any atom is -0.493 e. The second-order valence-electron chi connectivity index (χ2n) is 7.32. The molecule has 0 atom stereocenters. The number of rotatable bonds is 10. The van der Waals surface area contributed by atoms with Gasteiger partial charge in [-0.25, -0.2) is 4.99 Å². The molecule has 1 aromatic carbocycles. The molecular weight excluding hydrogens is 378 g/mol. The highest BCUT2D eigenvalue weighted by molar-refractivity contribution is 5.79. The van der Waals surface area contributed by atoms with Gasteiger partial charge in [0.25, 0.3) is 0 Å². The minimum atomic E-state index is -2.89. The zero-order valence-corrected chi connectivity index (χ0v) is 17.7. The van der Waals surface area contributed by atoms with Crippen LogP contribution in [0.15, 0.2) is 23.2 Å². The van der Waals surface area contributed by atoms with E-state index in [0.29, 0.717) is 29.8 Å². The van der Waals surface area contributed by atoms with Crippen LogP contribution in [0.5, 0.6) is 11.5 Å². The van der Waals surface area contributed by atoms with E-state index in [9.17, 15) is 8.78 Å². The van der Waals surface area contributed by atoms with Crippen LogP contribution in [0.4, 0.5) is 8.78 Å². The summed E-state index contributed by atoms with van der Waals surface area (Å²) in [5.74, 6) is 1.91. The van der Waals surface area contributed by atoms with E-state index < -0.39 is 6.61 Å². The lowest BCUT2D eigenvalue weighted by Crippen LogP contribution is -2.42. The van der Waals surface area contributed by atoms with Crippen molar-refractivity contribution in [3.8, 4) is 11.5 Å². The van der Waals surface area contributed by atoms with E-state index in [-0.39, 0.29) is 12.3 Å². The number of benzene rings is 1. The highest BCUT2D eigenvalue weighted by atomic mass is 19.3. The Kier molecular flexibility index (Phi) is 9.97. The predicted octanol–water partition coefficient (Wildman–Crippen LogP) is 3.47. The van der Waals surface area contributed by atoms with Crippen molar-refractivity contribution in [1.29, 1.82) is 0 Å². The highest BCUT2D eigenvalue weighted by Gasteiger charge is 2.17. The summed E-state index contributed by atoms with van der Waals surface area (Å²) in [6.07, 6.45) is 3.16. The number of likely N-dealkylation sites (tertiary alicyclic amines) is 1. The van der Waals surface area contributed by atoms with Crippen molar-refractivity contribution >= 4 is 5.96 Å². The molecule has 6 nitrogen and oxygen atoms in total. The molecule has 0 aromatic heterocycles. The first-order valence-corrected chi connectivity index (χ1v) is 10.4. The number of nitrogens with one attached hydrogen (secondary N) is 2. The molecule has 1 aliphatic heterocycles. The molecule has 164 valence electrons. The van der Waals surface area contributed by atoms with Crippen molar-refractivity contribution in [3.05, 3.63) is 23.8 Å². The fourth-order valence-corrected chi connectivity index (χ4v) is 3.19. The average Bonchev–Trinajstić information content (AvgIpc) is 2.70. The van der Waals surface area contributed by atoms with Crippen molar-refractivity contribution in [2.75, 3.05) is 39.8 Å². The summed E-state index contributed by atoms with van der Waals surface area (Å²) in [5.41, 5.74) is 0.589. The highest BCUT2D eigenvalue weighted by Crippen LogP contribution is 2.27. The monoisotopic (exact) mass is 412 g/mol. The molecule has 8 heteroatoms. The van der Waals surface area contributed by atoms with Gasteiger partial charge in [0.15, 0.2) is 5.96 Å². The summed E-state index contributed by atoms with van der Waals surface area (Å²) in [5, 5.41) is 6.60. The number of piperidine rings is 1. The lowest BCUT2D eigenvalue weighted by Gasteiger charge is -2.29. The number of alkyl halides is 2. The maximum absolute atomic E-state index is 12.8. The molecule has 0 unspecified atom stereocenters. The normalized spacial score (nSPS) is 16.1. The van der Waals surface area contributed by atoms with Gasteiger partial charge in [-0.05, 0) is 64.4 Å². The first-order valence-electron chi connectivity index (χ1n) is 10.4. The van der Waals surface area contributed by atoms with Gasteiger partial charge in [-0.15, -0.1) is 0 Å². The van der Waals surface area contributed by atoms with Crippen LogP contribution in [0.1, 0.15) is 38.7 Å². The molecule has 1 heterocycles. The molecule has 0 bridgehead atoms. The number of halogens is 2. The van der Waals surface area contributed by atoms with Crippen LogP contribution in [0, 0.1) is 5.92 Å². The van der Waals surface area contributed by atoms with Gasteiger partial charge in [-0.1, -0.05) is 6.92 Å². The van der Waals surface area contributed by atoms with E-state index in [2.05, 4.69) is 27.6 Å². The Bertz CT molecular complexity index is 635.